The molecule has 3 atom stereocenters. The zero-order valence-corrected chi connectivity index (χ0v) is 17.9. The zero-order chi connectivity index (χ0) is 20.1. The van der Waals surface area contributed by atoms with Crippen LogP contribution < -0.4 is 5.32 Å². The van der Waals surface area contributed by atoms with Gasteiger partial charge < -0.3 is 24.1 Å². The molecule has 3 aliphatic rings. The van der Waals surface area contributed by atoms with E-state index < -0.39 is 0 Å². The van der Waals surface area contributed by atoms with Gasteiger partial charge in [-0.25, -0.2) is 0 Å². The molecule has 0 spiro atoms. The standard InChI is InChI=1S/C22H36N4O3/c1-3-23-22(26-12-14-28-21(16-26)20-7-6-13-27-20)24-15-18(25-10-4-5-11-25)19-9-8-17(2)29-19/h8-9,18,20-21H,3-7,10-16H2,1-2H3,(H,23,24). The summed E-state index contributed by atoms with van der Waals surface area (Å²) in [6.45, 7) is 11.2. The van der Waals surface area contributed by atoms with Crippen LogP contribution in [0.5, 0.6) is 0 Å². The molecule has 3 saturated heterocycles. The van der Waals surface area contributed by atoms with E-state index in [1.807, 2.05) is 6.92 Å². The summed E-state index contributed by atoms with van der Waals surface area (Å²) in [6, 6.07) is 4.37. The van der Waals surface area contributed by atoms with Crippen molar-refractivity contribution in [2.45, 2.75) is 57.8 Å². The van der Waals surface area contributed by atoms with Crippen LogP contribution in [-0.4, -0.2) is 80.4 Å². The van der Waals surface area contributed by atoms with E-state index in [1.165, 1.54) is 12.8 Å². The second-order valence-electron chi connectivity index (χ2n) is 8.31. The Bertz CT molecular complexity index is 665. The molecule has 4 rings (SSSR count). The number of nitrogens with one attached hydrogen (secondary N) is 1. The summed E-state index contributed by atoms with van der Waals surface area (Å²) in [5.41, 5.74) is 0. The lowest BCUT2D eigenvalue weighted by molar-refractivity contribution is -0.0817. The van der Waals surface area contributed by atoms with Gasteiger partial charge in [-0.05, 0) is 64.8 Å². The van der Waals surface area contributed by atoms with Crippen molar-refractivity contribution in [3.63, 3.8) is 0 Å². The van der Waals surface area contributed by atoms with Gasteiger partial charge in [-0.2, -0.15) is 0 Å². The van der Waals surface area contributed by atoms with E-state index in [2.05, 4.69) is 34.2 Å². The predicted octanol–water partition coefficient (Wildman–Crippen LogP) is 2.57. The lowest BCUT2D eigenvalue weighted by Gasteiger charge is -2.37. The number of furan rings is 1. The van der Waals surface area contributed by atoms with Crippen LogP contribution >= 0.6 is 0 Å². The minimum absolute atomic E-state index is 0.136. The van der Waals surface area contributed by atoms with Crippen LogP contribution in [-0.2, 0) is 9.47 Å². The van der Waals surface area contributed by atoms with E-state index in [9.17, 15) is 0 Å². The van der Waals surface area contributed by atoms with Crippen molar-refractivity contribution in [1.82, 2.24) is 15.1 Å². The fourth-order valence-electron chi connectivity index (χ4n) is 4.66. The summed E-state index contributed by atoms with van der Waals surface area (Å²) in [7, 11) is 0. The van der Waals surface area contributed by atoms with Crippen molar-refractivity contribution in [2.75, 3.05) is 52.5 Å². The lowest BCUT2D eigenvalue weighted by Crippen LogP contribution is -2.53. The molecular formula is C22H36N4O3. The van der Waals surface area contributed by atoms with Gasteiger partial charge in [0.1, 0.15) is 17.6 Å². The van der Waals surface area contributed by atoms with E-state index in [0.29, 0.717) is 6.54 Å². The Balaban J connectivity index is 1.47. The third-order valence-corrected chi connectivity index (χ3v) is 6.19. The Labute approximate surface area is 174 Å². The van der Waals surface area contributed by atoms with Crippen LogP contribution in [0.2, 0.25) is 0 Å². The Kier molecular flexibility index (Phi) is 7.11. The molecule has 7 nitrogen and oxygen atoms in total. The van der Waals surface area contributed by atoms with E-state index in [-0.39, 0.29) is 18.2 Å². The molecule has 0 aliphatic carbocycles. The summed E-state index contributed by atoms with van der Waals surface area (Å²) in [5.74, 6) is 2.97. The number of hydrogen-bond donors (Lipinski definition) is 1. The average molecular weight is 405 g/mol. The molecule has 1 aromatic heterocycles. The number of guanidine groups is 1. The third-order valence-electron chi connectivity index (χ3n) is 6.19. The van der Waals surface area contributed by atoms with Crippen molar-refractivity contribution in [3.05, 3.63) is 23.7 Å². The van der Waals surface area contributed by atoms with E-state index in [0.717, 1.165) is 76.3 Å². The first-order valence-corrected chi connectivity index (χ1v) is 11.3. The highest BCUT2D eigenvalue weighted by molar-refractivity contribution is 5.80. The summed E-state index contributed by atoms with van der Waals surface area (Å²) < 4.78 is 17.9. The fraction of sp³-hybridized carbons (Fsp3) is 0.773. The van der Waals surface area contributed by atoms with Crippen molar-refractivity contribution in [1.29, 1.82) is 0 Å². The van der Waals surface area contributed by atoms with Gasteiger partial charge in [0.05, 0.1) is 25.3 Å². The van der Waals surface area contributed by atoms with Crippen LogP contribution in [0.25, 0.3) is 0 Å². The van der Waals surface area contributed by atoms with Gasteiger partial charge in [0.25, 0.3) is 0 Å². The smallest absolute Gasteiger partial charge is 0.194 e. The molecule has 0 aromatic carbocycles. The maximum absolute atomic E-state index is 6.03. The highest BCUT2D eigenvalue weighted by Crippen LogP contribution is 2.27. The molecule has 3 aliphatic heterocycles. The Morgan fingerprint density at radius 3 is 2.66 bits per heavy atom. The average Bonchev–Trinajstić information content (AvgIpc) is 3.51. The predicted molar refractivity (Wildman–Crippen MR) is 113 cm³/mol. The first-order chi connectivity index (χ1) is 14.2. The monoisotopic (exact) mass is 404 g/mol. The van der Waals surface area contributed by atoms with Crippen molar-refractivity contribution < 1.29 is 13.9 Å². The van der Waals surface area contributed by atoms with Crippen LogP contribution in [0.3, 0.4) is 0 Å². The molecule has 3 unspecified atom stereocenters. The molecule has 162 valence electrons. The van der Waals surface area contributed by atoms with Gasteiger partial charge in [-0.15, -0.1) is 0 Å². The molecule has 0 saturated carbocycles. The second kappa shape index (κ2) is 9.96. The summed E-state index contributed by atoms with van der Waals surface area (Å²) in [6.07, 6.45) is 5.11. The maximum Gasteiger partial charge on any atom is 0.194 e. The number of nitrogens with zero attached hydrogens (tertiary/aromatic N) is 3. The Morgan fingerprint density at radius 1 is 1.14 bits per heavy atom. The van der Waals surface area contributed by atoms with E-state index >= 15 is 0 Å². The van der Waals surface area contributed by atoms with Crippen molar-refractivity contribution in [2.24, 2.45) is 4.99 Å². The van der Waals surface area contributed by atoms with Gasteiger partial charge in [-0.3, -0.25) is 9.89 Å². The normalized spacial score (nSPS) is 27.5. The second-order valence-corrected chi connectivity index (χ2v) is 8.31. The highest BCUT2D eigenvalue weighted by atomic mass is 16.5. The number of aliphatic imine (C=N–C) groups is 1. The van der Waals surface area contributed by atoms with Gasteiger partial charge >= 0.3 is 0 Å². The Morgan fingerprint density at radius 2 is 1.97 bits per heavy atom. The van der Waals surface area contributed by atoms with Crippen LogP contribution in [0.4, 0.5) is 0 Å². The van der Waals surface area contributed by atoms with Gasteiger partial charge in [0.2, 0.25) is 0 Å². The first kappa shape index (κ1) is 20.7. The minimum atomic E-state index is 0.136. The molecule has 1 N–H and O–H groups in total. The van der Waals surface area contributed by atoms with Gasteiger partial charge in [0, 0.05) is 26.2 Å². The van der Waals surface area contributed by atoms with Gasteiger partial charge in [-0.1, -0.05) is 0 Å². The van der Waals surface area contributed by atoms with Crippen LogP contribution in [0.15, 0.2) is 21.5 Å². The van der Waals surface area contributed by atoms with Crippen molar-refractivity contribution >= 4 is 5.96 Å². The number of ether oxygens (including phenoxy) is 2. The lowest BCUT2D eigenvalue weighted by atomic mass is 10.1. The molecule has 1 aromatic rings. The molecule has 0 amide bonds. The SMILES string of the molecule is CCNC(=NCC(c1ccc(C)o1)N1CCCC1)N1CCOC(C2CCCO2)C1. The topological polar surface area (TPSA) is 62.5 Å². The third kappa shape index (κ3) is 5.13. The summed E-state index contributed by atoms with van der Waals surface area (Å²) in [4.78, 5) is 9.92. The molecule has 29 heavy (non-hydrogen) atoms. The number of morpholine rings is 1. The fourth-order valence-corrected chi connectivity index (χ4v) is 4.66. The largest absolute Gasteiger partial charge is 0.465 e. The summed E-state index contributed by atoms with van der Waals surface area (Å²) in [5, 5.41) is 3.50. The molecular weight excluding hydrogens is 368 g/mol. The maximum atomic E-state index is 6.03. The summed E-state index contributed by atoms with van der Waals surface area (Å²) >= 11 is 0. The van der Waals surface area contributed by atoms with Crippen LogP contribution in [0, 0.1) is 6.92 Å². The first-order valence-electron chi connectivity index (χ1n) is 11.3. The van der Waals surface area contributed by atoms with E-state index in [1.54, 1.807) is 0 Å². The quantitative estimate of drug-likeness (QED) is 0.581. The van der Waals surface area contributed by atoms with E-state index in [4.69, 9.17) is 18.9 Å². The zero-order valence-electron chi connectivity index (χ0n) is 17.9. The minimum Gasteiger partial charge on any atom is -0.465 e. The molecule has 0 radical (unpaired) electrons. The number of likely N-dealkylation sites (tertiary alicyclic amines) is 1. The van der Waals surface area contributed by atoms with Gasteiger partial charge in [0.15, 0.2) is 5.96 Å². The number of rotatable bonds is 6. The molecule has 3 fully saturated rings. The van der Waals surface area contributed by atoms with Crippen molar-refractivity contribution in [3.8, 4) is 0 Å². The number of hydrogen-bond acceptors (Lipinski definition) is 5. The molecule has 4 heterocycles. The molecule has 7 heteroatoms. The number of aryl methyl sites for hydroxylation is 1. The Hall–Kier alpha value is -1.57. The molecule has 0 bridgehead atoms. The highest BCUT2D eigenvalue weighted by Gasteiger charge is 2.32. The van der Waals surface area contributed by atoms with Crippen LogP contribution in [0.1, 0.15) is 50.2 Å².